The lowest BCUT2D eigenvalue weighted by Gasteiger charge is -2.07. The van der Waals surface area contributed by atoms with Crippen LogP contribution in [0.15, 0.2) is 0 Å². The largest absolute Gasteiger partial charge is 0.325 e. The highest BCUT2D eigenvalue weighted by Crippen LogP contribution is 2.37. The summed E-state index contributed by atoms with van der Waals surface area (Å²) in [5.41, 5.74) is 0. The van der Waals surface area contributed by atoms with E-state index in [9.17, 15) is 9.13 Å². The van der Waals surface area contributed by atoms with Crippen molar-refractivity contribution >= 4 is 15.2 Å². The predicted molar refractivity (Wildman–Crippen MR) is 61.9 cm³/mol. The van der Waals surface area contributed by atoms with Gasteiger partial charge < -0.3 is 18.8 Å². The lowest BCUT2D eigenvalue weighted by molar-refractivity contribution is 0.245. The molecule has 0 bridgehead atoms. The Balaban J connectivity index is 3.23. The summed E-state index contributed by atoms with van der Waals surface area (Å²) in [6, 6.07) is 0. The molecule has 0 heterocycles. The molecule has 0 saturated heterocycles. The lowest BCUT2D eigenvalue weighted by atomic mass is 10.2. The van der Waals surface area contributed by atoms with E-state index in [0.29, 0.717) is 12.8 Å². The first-order chi connectivity index (χ1) is 7.21. The van der Waals surface area contributed by atoms with Crippen molar-refractivity contribution in [3.8, 4) is 0 Å². The Kier molecular flexibility index (Phi) is 7.73. The quantitative estimate of drug-likeness (QED) is 0.494. The van der Waals surface area contributed by atoms with Gasteiger partial charge in [-0.3, -0.25) is 9.13 Å². The topological polar surface area (TPSA) is 93.1 Å². The van der Waals surface area contributed by atoms with Crippen LogP contribution in [0.4, 0.5) is 0 Å². The molecule has 2 N–H and O–H groups in total. The van der Waals surface area contributed by atoms with Gasteiger partial charge in [-0.2, -0.15) is 0 Å². The summed E-state index contributed by atoms with van der Waals surface area (Å²) in [6.45, 7) is 2.83. The van der Waals surface area contributed by atoms with Gasteiger partial charge in [0.25, 0.3) is 0 Å². The van der Waals surface area contributed by atoms with Crippen molar-refractivity contribution in [1.82, 2.24) is 0 Å². The molecule has 0 fully saturated rings. The highest BCUT2D eigenvalue weighted by Gasteiger charge is 2.09. The van der Waals surface area contributed by atoms with Crippen molar-refractivity contribution in [2.75, 3.05) is 26.5 Å². The molecule has 0 aliphatic carbocycles. The monoisotopic (exact) mass is 274 g/mol. The van der Waals surface area contributed by atoms with E-state index >= 15 is 0 Å². The van der Waals surface area contributed by atoms with Gasteiger partial charge in [0.1, 0.15) is 0 Å². The molecule has 16 heavy (non-hydrogen) atoms. The summed E-state index contributed by atoms with van der Waals surface area (Å²) in [7, 11) is -6.69. The Hall–Kier alpha value is 0.300. The van der Waals surface area contributed by atoms with E-state index in [1.807, 2.05) is 0 Å². The van der Waals surface area contributed by atoms with Crippen molar-refractivity contribution in [3.05, 3.63) is 0 Å². The van der Waals surface area contributed by atoms with Crippen LogP contribution in [-0.2, 0) is 18.2 Å². The minimum absolute atomic E-state index is 0.261. The minimum Gasteiger partial charge on any atom is -0.324 e. The van der Waals surface area contributed by atoms with Crippen LogP contribution in [0.2, 0.25) is 0 Å². The molecule has 0 aromatic heterocycles. The maximum atomic E-state index is 10.7. The Morgan fingerprint density at radius 1 is 0.812 bits per heavy atom. The van der Waals surface area contributed by atoms with E-state index in [0.717, 1.165) is 26.2 Å². The number of hydrogen-bond donors (Lipinski definition) is 2. The summed E-state index contributed by atoms with van der Waals surface area (Å²) >= 11 is 0. The van der Waals surface area contributed by atoms with E-state index < -0.39 is 15.2 Å². The van der Waals surface area contributed by atoms with Crippen LogP contribution in [0.25, 0.3) is 0 Å². The molecule has 0 spiro atoms. The van der Waals surface area contributed by atoms with Crippen LogP contribution in [-0.4, -0.2) is 36.3 Å². The normalized spacial score (nSPS) is 19.0. The summed E-state index contributed by atoms with van der Waals surface area (Å²) in [5, 5.41) is 0. The maximum Gasteiger partial charge on any atom is 0.325 e. The van der Waals surface area contributed by atoms with Gasteiger partial charge in [-0.1, -0.05) is 12.8 Å². The van der Waals surface area contributed by atoms with E-state index in [-0.39, 0.29) is 13.2 Å². The fourth-order valence-corrected chi connectivity index (χ4v) is 1.96. The van der Waals surface area contributed by atoms with Crippen molar-refractivity contribution in [1.29, 1.82) is 0 Å². The Morgan fingerprint density at radius 3 is 1.38 bits per heavy atom. The summed E-state index contributed by atoms with van der Waals surface area (Å²) in [6.07, 6.45) is 3.06. The van der Waals surface area contributed by atoms with Crippen molar-refractivity contribution in [3.63, 3.8) is 0 Å². The van der Waals surface area contributed by atoms with E-state index in [2.05, 4.69) is 9.05 Å². The standard InChI is InChI=1S/C8H20O6P2/c1-15(9,10)13-7-5-3-4-6-8-14-16(2,11)12/h3-8H2,1-2H3,(H,9,10)(H,11,12). The minimum atomic E-state index is -3.34. The molecule has 0 radical (unpaired) electrons. The Morgan fingerprint density at radius 2 is 1.12 bits per heavy atom. The molecule has 0 aromatic carbocycles. The van der Waals surface area contributed by atoms with Crippen LogP contribution >= 0.6 is 15.2 Å². The molecular formula is C8H20O6P2. The van der Waals surface area contributed by atoms with E-state index in [4.69, 9.17) is 9.79 Å². The van der Waals surface area contributed by atoms with Crippen LogP contribution in [0.5, 0.6) is 0 Å². The van der Waals surface area contributed by atoms with Gasteiger partial charge in [-0.05, 0) is 12.8 Å². The molecular weight excluding hydrogens is 254 g/mol. The molecule has 2 unspecified atom stereocenters. The van der Waals surface area contributed by atoms with E-state index in [1.54, 1.807) is 0 Å². The van der Waals surface area contributed by atoms with Crippen LogP contribution in [0.3, 0.4) is 0 Å². The summed E-state index contributed by atoms with van der Waals surface area (Å²) < 4.78 is 30.8. The first-order valence-electron chi connectivity index (χ1n) is 5.10. The third kappa shape index (κ3) is 14.3. The molecule has 98 valence electrons. The van der Waals surface area contributed by atoms with E-state index in [1.165, 1.54) is 0 Å². The lowest BCUT2D eigenvalue weighted by Crippen LogP contribution is -1.94. The zero-order chi connectivity index (χ0) is 12.7. The Bertz CT molecular complexity index is 240. The second-order valence-corrected chi connectivity index (χ2v) is 7.41. The molecule has 0 aliphatic heterocycles. The molecule has 6 nitrogen and oxygen atoms in total. The fourth-order valence-electron chi connectivity index (χ4n) is 1.03. The first kappa shape index (κ1) is 16.3. The zero-order valence-electron chi connectivity index (χ0n) is 9.66. The van der Waals surface area contributed by atoms with Gasteiger partial charge in [0.2, 0.25) is 0 Å². The van der Waals surface area contributed by atoms with Crippen LogP contribution < -0.4 is 0 Å². The predicted octanol–water partition coefficient (Wildman–Crippen LogP) is 2.21. The van der Waals surface area contributed by atoms with Gasteiger partial charge in [0.05, 0.1) is 13.2 Å². The first-order valence-corrected chi connectivity index (χ1v) is 9.15. The highest BCUT2D eigenvalue weighted by atomic mass is 31.2. The maximum absolute atomic E-state index is 10.7. The average molecular weight is 274 g/mol. The van der Waals surface area contributed by atoms with Crippen molar-refractivity contribution in [2.45, 2.75) is 25.7 Å². The molecule has 2 atom stereocenters. The highest BCUT2D eigenvalue weighted by molar-refractivity contribution is 7.52. The Labute approximate surface area is 96.0 Å². The second-order valence-electron chi connectivity index (χ2n) is 3.69. The molecule has 0 amide bonds. The summed E-state index contributed by atoms with van der Waals surface area (Å²) in [5.74, 6) is 0. The molecule has 0 aliphatic rings. The van der Waals surface area contributed by atoms with Crippen molar-refractivity contribution < 1.29 is 28.0 Å². The summed E-state index contributed by atoms with van der Waals surface area (Å²) in [4.78, 5) is 17.6. The van der Waals surface area contributed by atoms with Gasteiger partial charge >= 0.3 is 15.2 Å². The fraction of sp³-hybridized carbons (Fsp3) is 1.00. The molecule has 8 heteroatoms. The smallest absolute Gasteiger partial charge is 0.324 e. The second kappa shape index (κ2) is 7.59. The third-order valence-electron chi connectivity index (χ3n) is 1.70. The van der Waals surface area contributed by atoms with Crippen LogP contribution in [0.1, 0.15) is 25.7 Å². The number of hydrogen-bond acceptors (Lipinski definition) is 4. The molecule has 0 saturated carbocycles. The molecule has 0 rings (SSSR count). The SMILES string of the molecule is CP(=O)(O)OCCCCCCOP(C)(=O)O. The third-order valence-corrected chi connectivity index (χ3v) is 3.02. The molecule has 0 aromatic rings. The van der Waals surface area contributed by atoms with Gasteiger partial charge in [-0.15, -0.1) is 0 Å². The number of unbranched alkanes of at least 4 members (excludes halogenated alkanes) is 3. The van der Waals surface area contributed by atoms with Gasteiger partial charge in [0, 0.05) is 13.3 Å². The average Bonchev–Trinajstić information content (AvgIpc) is 2.06. The number of rotatable bonds is 9. The van der Waals surface area contributed by atoms with Gasteiger partial charge in [-0.25, -0.2) is 0 Å². The zero-order valence-corrected chi connectivity index (χ0v) is 11.5. The van der Waals surface area contributed by atoms with Crippen molar-refractivity contribution in [2.24, 2.45) is 0 Å². The van der Waals surface area contributed by atoms with Crippen LogP contribution in [0, 0.1) is 0 Å². The van der Waals surface area contributed by atoms with Gasteiger partial charge in [0.15, 0.2) is 0 Å².